The SMILES string of the molecule is COc1nccn2c(-c3c(F)cccc3F)nc(Nc3ccc(C(C)(C)C(=O)OC(C)(C)C)cc3)c12. The van der Waals surface area contributed by atoms with Gasteiger partial charge in [0.1, 0.15) is 17.2 Å². The van der Waals surface area contributed by atoms with E-state index in [-0.39, 0.29) is 23.2 Å². The van der Waals surface area contributed by atoms with Crippen LogP contribution in [0.4, 0.5) is 20.3 Å². The summed E-state index contributed by atoms with van der Waals surface area (Å²) in [6.45, 7) is 9.09. The average Bonchev–Trinajstić information content (AvgIpc) is 3.16. The molecule has 0 aliphatic carbocycles. The van der Waals surface area contributed by atoms with Crippen LogP contribution in [0.15, 0.2) is 54.9 Å². The topological polar surface area (TPSA) is 77.8 Å². The van der Waals surface area contributed by atoms with Crippen LogP contribution in [-0.4, -0.2) is 33.0 Å². The molecule has 0 saturated carbocycles. The predicted molar refractivity (Wildman–Crippen MR) is 133 cm³/mol. The molecule has 0 amide bonds. The van der Waals surface area contributed by atoms with Crippen molar-refractivity contribution in [3.05, 3.63) is 72.1 Å². The fraction of sp³-hybridized carbons (Fsp3) is 0.296. The molecular formula is C27H28F2N4O3. The van der Waals surface area contributed by atoms with E-state index >= 15 is 0 Å². The van der Waals surface area contributed by atoms with E-state index in [0.29, 0.717) is 17.0 Å². The third kappa shape index (κ3) is 4.73. The Morgan fingerprint density at radius 1 is 1.00 bits per heavy atom. The first-order valence-corrected chi connectivity index (χ1v) is 11.4. The van der Waals surface area contributed by atoms with Gasteiger partial charge in [0, 0.05) is 18.1 Å². The zero-order valence-electron chi connectivity index (χ0n) is 21.0. The maximum atomic E-state index is 14.6. The number of imidazole rings is 1. The van der Waals surface area contributed by atoms with Gasteiger partial charge >= 0.3 is 5.97 Å². The standard InChI is InChI=1S/C27H28F2N4O3/c1-26(2,3)36-25(34)27(4,5)16-10-12-17(13-11-16)31-22-21-24(35-6)30-14-15-33(21)23(32-22)20-18(28)8-7-9-19(20)29/h7-15,31H,1-6H3. The minimum Gasteiger partial charge on any atom is -0.479 e. The van der Waals surface area contributed by atoms with Crippen LogP contribution >= 0.6 is 0 Å². The second-order valence-corrected chi connectivity index (χ2v) is 9.87. The summed E-state index contributed by atoms with van der Waals surface area (Å²) >= 11 is 0. The number of halogens is 2. The summed E-state index contributed by atoms with van der Waals surface area (Å²) in [6.07, 6.45) is 3.02. The van der Waals surface area contributed by atoms with Crippen LogP contribution in [0, 0.1) is 11.6 Å². The summed E-state index contributed by atoms with van der Waals surface area (Å²) in [5.41, 5.74) is 0.102. The van der Waals surface area contributed by atoms with Gasteiger partial charge in [0.25, 0.3) is 0 Å². The zero-order chi connectivity index (χ0) is 26.3. The molecule has 2 aromatic heterocycles. The van der Waals surface area contributed by atoms with E-state index in [1.54, 1.807) is 32.2 Å². The summed E-state index contributed by atoms with van der Waals surface area (Å²) in [5, 5.41) is 3.18. The number of hydrogen-bond acceptors (Lipinski definition) is 6. The van der Waals surface area contributed by atoms with E-state index < -0.39 is 22.7 Å². The molecule has 0 fully saturated rings. The summed E-state index contributed by atoms with van der Waals surface area (Å²) in [4.78, 5) is 21.4. The normalized spacial score (nSPS) is 12.0. The number of fused-ring (bicyclic) bond motifs is 1. The van der Waals surface area contributed by atoms with Gasteiger partial charge in [-0.25, -0.2) is 18.7 Å². The second-order valence-electron chi connectivity index (χ2n) is 9.87. The highest BCUT2D eigenvalue weighted by molar-refractivity contribution is 5.84. The lowest BCUT2D eigenvalue weighted by atomic mass is 9.84. The highest BCUT2D eigenvalue weighted by Crippen LogP contribution is 2.35. The van der Waals surface area contributed by atoms with Crippen molar-refractivity contribution in [2.45, 2.75) is 45.6 Å². The second kappa shape index (κ2) is 9.22. The van der Waals surface area contributed by atoms with Crippen LogP contribution in [0.2, 0.25) is 0 Å². The lowest BCUT2D eigenvalue weighted by Crippen LogP contribution is -2.36. The molecule has 188 valence electrons. The molecule has 4 aromatic rings. The Bertz CT molecular complexity index is 1400. The van der Waals surface area contributed by atoms with Crippen molar-refractivity contribution >= 4 is 23.0 Å². The highest BCUT2D eigenvalue weighted by atomic mass is 19.1. The number of nitrogens with zero attached hydrogens (tertiary/aromatic N) is 3. The molecule has 0 spiro atoms. The fourth-order valence-electron chi connectivity index (χ4n) is 3.77. The number of nitrogens with one attached hydrogen (secondary N) is 1. The molecule has 9 heteroatoms. The number of ether oxygens (including phenoxy) is 2. The van der Waals surface area contributed by atoms with E-state index in [4.69, 9.17) is 9.47 Å². The minimum absolute atomic E-state index is 0.0616. The maximum absolute atomic E-state index is 14.6. The monoisotopic (exact) mass is 494 g/mol. The van der Waals surface area contributed by atoms with Crippen LogP contribution in [0.5, 0.6) is 5.88 Å². The molecule has 0 bridgehead atoms. The first-order valence-electron chi connectivity index (χ1n) is 11.4. The Labute approximate surface area is 208 Å². The van der Waals surface area contributed by atoms with E-state index in [0.717, 1.165) is 5.56 Å². The van der Waals surface area contributed by atoms with E-state index in [2.05, 4.69) is 15.3 Å². The van der Waals surface area contributed by atoms with Gasteiger partial charge in [0.05, 0.1) is 18.1 Å². The molecule has 1 N–H and O–H groups in total. The van der Waals surface area contributed by atoms with Gasteiger partial charge in [-0.2, -0.15) is 0 Å². The summed E-state index contributed by atoms with van der Waals surface area (Å²) in [5.74, 6) is -1.21. The molecule has 0 aliphatic heterocycles. The molecule has 36 heavy (non-hydrogen) atoms. The van der Waals surface area contributed by atoms with Crippen LogP contribution in [0.25, 0.3) is 16.9 Å². The summed E-state index contributed by atoms with van der Waals surface area (Å²) in [6, 6.07) is 10.9. The quantitative estimate of drug-likeness (QED) is 0.329. The first-order chi connectivity index (χ1) is 16.9. The average molecular weight is 495 g/mol. The largest absolute Gasteiger partial charge is 0.479 e. The number of carbonyl (C=O) groups excluding carboxylic acids is 1. The molecule has 0 atom stereocenters. The Balaban J connectivity index is 1.73. The summed E-state index contributed by atoms with van der Waals surface area (Å²) in [7, 11) is 1.45. The van der Waals surface area contributed by atoms with Crippen molar-refractivity contribution in [3.8, 4) is 17.3 Å². The van der Waals surface area contributed by atoms with Crippen molar-refractivity contribution in [3.63, 3.8) is 0 Å². The maximum Gasteiger partial charge on any atom is 0.316 e. The van der Waals surface area contributed by atoms with Crippen LogP contribution in [0.3, 0.4) is 0 Å². The number of methoxy groups -OCH3 is 1. The van der Waals surface area contributed by atoms with Gasteiger partial charge in [-0.1, -0.05) is 18.2 Å². The van der Waals surface area contributed by atoms with E-state index in [1.807, 2.05) is 32.9 Å². The predicted octanol–water partition coefficient (Wildman–Crippen LogP) is 6.05. The lowest BCUT2D eigenvalue weighted by molar-refractivity contribution is -0.160. The first kappa shape index (κ1) is 25.1. The van der Waals surface area contributed by atoms with E-state index in [9.17, 15) is 13.6 Å². The molecule has 0 aliphatic rings. The van der Waals surface area contributed by atoms with Gasteiger partial charge in [0.15, 0.2) is 17.2 Å². The lowest BCUT2D eigenvalue weighted by Gasteiger charge is -2.29. The number of esters is 1. The van der Waals surface area contributed by atoms with Crippen molar-refractivity contribution in [2.75, 3.05) is 12.4 Å². The van der Waals surface area contributed by atoms with Gasteiger partial charge in [-0.3, -0.25) is 9.20 Å². The molecular weight excluding hydrogens is 466 g/mol. The van der Waals surface area contributed by atoms with Crippen LogP contribution in [-0.2, 0) is 14.9 Å². The molecule has 0 saturated heterocycles. The molecule has 0 unspecified atom stereocenters. The molecule has 2 aromatic carbocycles. The van der Waals surface area contributed by atoms with E-state index in [1.165, 1.54) is 35.9 Å². The van der Waals surface area contributed by atoms with Crippen LogP contribution in [0.1, 0.15) is 40.2 Å². The zero-order valence-corrected chi connectivity index (χ0v) is 21.0. The Morgan fingerprint density at radius 3 is 2.22 bits per heavy atom. The van der Waals surface area contributed by atoms with Gasteiger partial charge in [-0.05, 0) is 64.4 Å². The Morgan fingerprint density at radius 2 is 1.64 bits per heavy atom. The third-order valence-electron chi connectivity index (χ3n) is 5.68. The molecule has 0 radical (unpaired) electrons. The summed E-state index contributed by atoms with van der Waals surface area (Å²) < 4.78 is 41.7. The van der Waals surface area contributed by atoms with Crippen molar-refractivity contribution in [1.82, 2.24) is 14.4 Å². The minimum atomic E-state index is -0.865. The highest BCUT2D eigenvalue weighted by Gasteiger charge is 2.34. The van der Waals surface area contributed by atoms with Crippen molar-refractivity contribution in [2.24, 2.45) is 0 Å². The number of hydrogen-bond donors (Lipinski definition) is 1. The van der Waals surface area contributed by atoms with Crippen molar-refractivity contribution in [1.29, 1.82) is 0 Å². The van der Waals surface area contributed by atoms with Gasteiger partial charge < -0.3 is 14.8 Å². The third-order valence-corrected chi connectivity index (χ3v) is 5.68. The molecule has 2 heterocycles. The number of rotatable bonds is 6. The Kier molecular flexibility index (Phi) is 6.43. The fourth-order valence-corrected chi connectivity index (χ4v) is 3.77. The number of benzene rings is 2. The Hall–Kier alpha value is -4.01. The van der Waals surface area contributed by atoms with Gasteiger partial charge in [-0.15, -0.1) is 0 Å². The molecule has 7 nitrogen and oxygen atoms in total. The van der Waals surface area contributed by atoms with Crippen molar-refractivity contribution < 1.29 is 23.0 Å². The number of anilines is 2. The van der Waals surface area contributed by atoms with Crippen LogP contribution < -0.4 is 10.1 Å². The number of carbonyl (C=O) groups is 1. The number of aromatic nitrogens is 3. The smallest absolute Gasteiger partial charge is 0.316 e. The van der Waals surface area contributed by atoms with Gasteiger partial charge in [0.2, 0.25) is 5.88 Å². The molecule has 4 rings (SSSR count).